The number of aromatic nitrogens is 1. The van der Waals surface area contributed by atoms with Gasteiger partial charge in [0.25, 0.3) is 17.4 Å². The van der Waals surface area contributed by atoms with Crippen molar-refractivity contribution in [2.75, 3.05) is 10.6 Å². The molecule has 0 atom stereocenters. The van der Waals surface area contributed by atoms with Crippen molar-refractivity contribution in [1.29, 1.82) is 0 Å². The summed E-state index contributed by atoms with van der Waals surface area (Å²) in [6.07, 6.45) is 1.63. The topological polar surface area (TPSA) is 123 Å². The molecule has 180 valence electrons. The lowest BCUT2D eigenvalue weighted by Gasteiger charge is -2.14. The van der Waals surface area contributed by atoms with Gasteiger partial charge in [-0.3, -0.25) is 23.7 Å². The van der Waals surface area contributed by atoms with Crippen LogP contribution in [0.15, 0.2) is 94.3 Å². The molecule has 0 bridgehead atoms. The molecule has 1 aromatic heterocycles. The molecule has 4 rings (SSSR count). The summed E-state index contributed by atoms with van der Waals surface area (Å²) >= 11 is 9.36. The van der Waals surface area contributed by atoms with Gasteiger partial charge in [-0.15, -0.1) is 0 Å². The van der Waals surface area contributed by atoms with Crippen molar-refractivity contribution in [3.8, 4) is 5.69 Å². The summed E-state index contributed by atoms with van der Waals surface area (Å²) in [6, 6.07) is 20.2. The summed E-state index contributed by atoms with van der Waals surface area (Å²) in [7, 11) is 0. The number of primary amides is 1. The maximum absolute atomic E-state index is 12.9. The number of nitrogens with one attached hydrogen (secondary N) is 2. The number of rotatable bonds is 6. The van der Waals surface area contributed by atoms with Crippen molar-refractivity contribution in [3.63, 3.8) is 0 Å². The number of halogens is 2. The Morgan fingerprint density at radius 1 is 0.778 bits per heavy atom. The van der Waals surface area contributed by atoms with Gasteiger partial charge in [0.1, 0.15) is 0 Å². The summed E-state index contributed by atoms with van der Waals surface area (Å²) in [5, 5.41) is 5.77. The van der Waals surface area contributed by atoms with Crippen LogP contribution >= 0.6 is 27.5 Å². The Hall–Kier alpha value is -4.21. The Morgan fingerprint density at radius 3 is 2.08 bits per heavy atom. The molecular formula is C26H18BrClN4O4. The highest BCUT2D eigenvalue weighted by Gasteiger charge is 2.16. The number of hydrogen-bond acceptors (Lipinski definition) is 4. The Kier molecular flexibility index (Phi) is 7.33. The molecule has 0 aliphatic heterocycles. The van der Waals surface area contributed by atoms with Gasteiger partial charge in [0, 0.05) is 39.1 Å². The zero-order valence-corrected chi connectivity index (χ0v) is 20.8. The Bertz CT molecular complexity index is 1550. The first kappa shape index (κ1) is 24.9. The monoisotopic (exact) mass is 564 g/mol. The molecule has 3 aromatic carbocycles. The van der Waals surface area contributed by atoms with E-state index in [-0.39, 0.29) is 28.1 Å². The van der Waals surface area contributed by atoms with Gasteiger partial charge in [-0.2, -0.15) is 0 Å². The normalized spacial score (nSPS) is 10.5. The average Bonchev–Trinajstić information content (AvgIpc) is 2.87. The number of benzene rings is 3. The summed E-state index contributed by atoms with van der Waals surface area (Å²) < 4.78 is 2.08. The van der Waals surface area contributed by atoms with Gasteiger partial charge in [0.05, 0.1) is 16.4 Å². The van der Waals surface area contributed by atoms with E-state index in [9.17, 15) is 19.2 Å². The van der Waals surface area contributed by atoms with E-state index in [2.05, 4.69) is 26.6 Å². The molecule has 0 aliphatic carbocycles. The standard InChI is InChI=1S/C26H18BrClN4O4/c27-19-10-6-17(13-20(19)28)26(36)31-22-14-16(24(29)34)7-11-21(22)30-25(35)15-4-8-18(9-5-15)32-12-2-1-3-23(32)33/h1-14H,(H2,29,34)(H,30,35)(H,31,36). The number of carbonyl (C=O) groups is 3. The molecular weight excluding hydrogens is 548 g/mol. The second-order valence-corrected chi connectivity index (χ2v) is 8.88. The van der Waals surface area contributed by atoms with E-state index < -0.39 is 17.7 Å². The molecule has 0 saturated heterocycles. The lowest BCUT2D eigenvalue weighted by molar-refractivity contribution is 0.0996. The Balaban J connectivity index is 1.59. The Morgan fingerprint density at radius 2 is 1.42 bits per heavy atom. The molecule has 3 amide bonds. The van der Waals surface area contributed by atoms with Crippen molar-refractivity contribution in [2.45, 2.75) is 0 Å². The first-order valence-corrected chi connectivity index (χ1v) is 11.7. The molecule has 0 radical (unpaired) electrons. The number of carbonyl (C=O) groups excluding carboxylic acids is 3. The van der Waals surface area contributed by atoms with Gasteiger partial charge in [0.15, 0.2) is 0 Å². The van der Waals surface area contributed by atoms with Crippen LogP contribution in [0.25, 0.3) is 5.69 Å². The van der Waals surface area contributed by atoms with Crippen LogP contribution in [0, 0.1) is 0 Å². The van der Waals surface area contributed by atoms with E-state index in [1.54, 1.807) is 54.7 Å². The largest absolute Gasteiger partial charge is 0.366 e. The molecule has 4 aromatic rings. The van der Waals surface area contributed by atoms with E-state index in [0.717, 1.165) is 0 Å². The highest BCUT2D eigenvalue weighted by atomic mass is 79.9. The predicted octanol–water partition coefficient (Wildman–Crippen LogP) is 4.86. The molecule has 1 heterocycles. The minimum Gasteiger partial charge on any atom is -0.366 e. The van der Waals surface area contributed by atoms with Crippen molar-refractivity contribution in [3.05, 3.63) is 122 Å². The fourth-order valence-corrected chi connectivity index (χ4v) is 3.78. The third-order valence-corrected chi connectivity index (χ3v) is 6.44. The van der Waals surface area contributed by atoms with Crippen molar-refractivity contribution < 1.29 is 14.4 Å². The molecule has 0 fully saturated rings. The maximum atomic E-state index is 12.9. The third kappa shape index (κ3) is 5.54. The van der Waals surface area contributed by atoms with Crippen LogP contribution in [0.2, 0.25) is 5.02 Å². The molecule has 36 heavy (non-hydrogen) atoms. The fraction of sp³-hybridized carbons (Fsp3) is 0. The molecule has 4 N–H and O–H groups in total. The van der Waals surface area contributed by atoms with Crippen LogP contribution in [0.3, 0.4) is 0 Å². The second-order valence-electron chi connectivity index (χ2n) is 7.62. The first-order chi connectivity index (χ1) is 17.2. The Labute approximate surface area is 218 Å². The lowest BCUT2D eigenvalue weighted by Crippen LogP contribution is -2.19. The zero-order valence-electron chi connectivity index (χ0n) is 18.5. The van der Waals surface area contributed by atoms with Crippen molar-refractivity contribution in [1.82, 2.24) is 4.57 Å². The number of pyridine rings is 1. The molecule has 8 nitrogen and oxygen atoms in total. The van der Waals surface area contributed by atoms with Gasteiger partial charge in [-0.05, 0) is 82.7 Å². The van der Waals surface area contributed by atoms with Gasteiger partial charge in [0.2, 0.25) is 5.91 Å². The van der Waals surface area contributed by atoms with Crippen molar-refractivity contribution >= 4 is 56.6 Å². The van der Waals surface area contributed by atoms with Crippen LogP contribution in [0.1, 0.15) is 31.1 Å². The van der Waals surface area contributed by atoms with E-state index in [0.29, 0.717) is 20.7 Å². The second kappa shape index (κ2) is 10.6. The zero-order chi connectivity index (χ0) is 25.8. The number of hydrogen-bond donors (Lipinski definition) is 3. The van der Waals surface area contributed by atoms with E-state index in [1.165, 1.54) is 34.9 Å². The minimum absolute atomic E-state index is 0.148. The summed E-state index contributed by atoms with van der Waals surface area (Å²) in [4.78, 5) is 49.5. The molecule has 0 spiro atoms. The summed E-state index contributed by atoms with van der Waals surface area (Å²) in [5.74, 6) is -1.66. The molecule has 0 aliphatic rings. The number of amides is 3. The SMILES string of the molecule is NC(=O)c1ccc(NC(=O)c2ccc(-n3ccccc3=O)cc2)c(NC(=O)c2ccc(Br)c(Cl)c2)c1. The number of anilines is 2. The van der Waals surface area contributed by atoms with Crippen molar-refractivity contribution in [2.24, 2.45) is 5.73 Å². The highest BCUT2D eigenvalue weighted by Crippen LogP contribution is 2.27. The van der Waals surface area contributed by atoms with Crippen LogP contribution in [0.5, 0.6) is 0 Å². The van der Waals surface area contributed by atoms with E-state index in [1.807, 2.05) is 0 Å². The van der Waals surface area contributed by atoms with Crippen LogP contribution in [-0.4, -0.2) is 22.3 Å². The molecule has 0 unspecified atom stereocenters. The first-order valence-electron chi connectivity index (χ1n) is 10.5. The van der Waals surface area contributed by atoms with Gasteiger partial charge < -0.3 is 16.4 Å². The van der Waals surface area contributed by atoms with E-state index in [4.69, 9.17) is 17.3 Å². The van der Waals surface area contributed by atoms with E-state index >= 15 is 0 Å². The predicted molar refractivity (Wildman–Crippen MR) is 142 cm³/mol. The summed E-state index contributed by atoms with van der Waals surface area (Å²) in [5.41, 5.74) is 6.97. The van der Waals surface area contributed by atoms with Gasteiger partial charge in [-0.1, -0.05) is 17.7 Å². The number of nitrogens with two attached hydrogens (primary N) is 1. The average molecular weight is 566 g/mol. The van der Waals surface area contributed by atoms with Crippen LogP contribution in [0.4, 0.5) is 11.4 Å². The maximum Gasteiger partial charge on any atom is 0.255 e. The van der Waals surface area contributed by atoms with Crippen LogP contribution in [-0.2, 0) is 0 Å². The molecule has 10 heteroatoms. The molecule has 0 saturated carbocycles. The minimum atomic E-state index is -0.693. The van der Waals surface area contributed by atoms with Crippen LogP contribution < -0.4 is 21.9 Å². The smallest absolute Gasteiger partial charge is 0.255 e. The summed E-state index contributed by atoms with van der Waals surface area (Å²) in [6.45, 7) is 0. The highest BCUT2D eigenvalue weighted by molar-refractivity contribution is 9.10. The number of nitrogens with zero attached hydrogens (tertiary/aromatic N) is 1. The van der Waals surface area contributed by atoms with Gasteiger partial charge in [-0.25, -0.2) is 0 Å². The lowest BCUT2D eigenvalue weighted by atomic mass is 10.1. The van der Waals surface area contributed by atoms with Gasteiger partial charge >= 0.3 is 0 Å². The quantitative estimate of drug-likeness (QED) is 0.309. The third-order valence-electron chi connectivity index (χ3n) is 5.21. The fourth-order valence-electron chi connectivity index (χ4n) is 3.35.